The lowest BCUT2D eigenvalue weighted by Crippen LogP contribution is -1.68. The van der Waals surface area contributed by atoms with Crippen molar-refractivity contribution in [3.63, 3.8) is 0 Å². The molecule has 0 aromatic rings. The van der Waals surface area contributed by atoms with Crippen molar-refractivity contribution in [1.29, 1.82) is 0 Å². The SMILES string of the molecule is C=C(C)C.CCSOSCC. The van der Waals surface area contributed by atoms with Gasteiger partial charge in [0.15, 0.2) is 0 Å². The Hall–Kier alpha value is 0.400. The van der Waals surface area contributed by atoms with Gasteiger partial charge in [0.25, 0.3) is 0 Å². The molecule has 0 aromatic heterocycles. The van der Waals surface area contributed by atoms with Crippen molar-refractivity contribution >= 4 is 24.1 Å². The summed E-state index contributed by atoms with van der Waals surface area (Å²) in [5.41, 5.74) is 1.17. The second-order valence-electron chi connectivity index (χ2n) is 2.09. The fourth-order valence-corrected chi connectivity index (χ4v) is 1.17. The summed E-state index contributed by atoms with van der Waals surface area (Å²) in [5.74, 6) is 2.07. The first kappa shape index (κ1) is 14.0. The summed E-state index contributed by atoms with van der Waals surface area (Å²) >= 11 is 2.99. The Labute approximate surface area is 79.4 Å². The van der Waals surface area contributed by atoms with Crippen LogP contribution in [0, 0.1) is 0 Å². The zero-order valence-electron chi connectivity index (χ0n) is 7.85. The molecule has 0 radical (unpaired) electrons. The van der Waals surface area contributed by atoms with Crippen LogP contribution in [0.25, 0.3) is 0 Å². The zero-order chi connectivity index (χ0) is 9.11. The van der Waals surface area contributed by atoms with Gasteiger partial charge in [0.1, 0.15) is 0 Å². The Morgan fingerprint density at radius 3 is 1.64 bits per heavy atom. The molecule has 0 fully saturated rings. The average Bonchev–Trinajstić information content (AvgIpc) is 1.88. The van der Waals surface area contributed by atoms with Crippen LogP contribution in [0.5, 0.6) is 0 Å². The Morgan fingerprint density at radius 2 is 1.45 bits per heavy atom. The molecule has 3 heteroatoms. The summed E-state index contributed by atoms with van der Waals surface area (Å²) in [6.45, 7) is 11.6. The third-order valence-electron chi connectivity index (χ3n) is 0.332. The molecule has 0 saturated carbocycles. The van der Waals surface area contributed by atoms with Crippen LogP contribution in [0.15, 0.2) is 12.2 Å². The topological polar surface area (TPSA) is 9.23 Å². The number of hydrogen-bond donors (Lipinski definition) is 0. The van der Waals surface area contributed by atoms with Crippen molar-refractivity contribution in [2.45, 2.75) is 27.7 Å². The molecule has 11 heavy (non-hydrogen) atoms. The van der Waals surface area contributed by atoms with Gasteiger partial charge in [0, 0.05) is 35.6 Å². The van der Waals surface area contributed by atoms with E-state index >= 15 is 0 Å². The van der Waals surface area contributed by atoms with Crippen LogP contribution in [-0.2, 0) is 3.63 Å². The van der Waals surface area contributed by atoms with Crippen molar-refractivity contribution in [3.8, 4) is 0 Å². The summed E-state index contributed by atoms with van der Waals surface area (Å²) in [6.07, 6.45) is 0. The first-order valence-corrected chi connectivity index (χ1v) is 5.50. The van der Waals surface area contributed by atoms with Crippen LogP contribution in [0.1, 0.15) is 27.7 Å². The number of hydrogen-bond acceptors (Lipinski definition) is 3. The molecule has 0 aliphatic heterocycles. The van der Waals surface area contributed by atoms with E-state index in [1.165, 1.54) is 29.7 Å². The highest BCUT2D eigenvalue weighted by Gasteiger charge is 1.80. The van der Waals surface area contributed by atoms with E-state index in [0.29, 0.717) is 0 Å². The van der Waals surface area contributed by atoms with Crippen LogP contribution in [-0.4, -0.2) is 11.5 Å². The fourth-order valence-electron chi connectivity index (χ4n) is 0.130. The highest BCUT2D eigenvalue weighted by molar-refractivity contribution is 8.07. The molecule has 0 saturated heterocycles. The molecule has 0 spiro atoms. The van der Waals surface area contributed by atoms with Gasteiger partial charge in [-0.05, 0) is 13.8 Å². The lowest BCUT2D eigenvalue weighted by atomic mass is 10.4. The van der Waals surface area contributed by atoms with Gasteiger partial charge in [-0.25, -0.2) is 3.63 Å². The Morgan fingerprint density at radius 1 is 1.18 bits per heavy atom. The van der Waals surface area contributed by atoms with Gasteiger partial charge in [0.2, 0.25) is 0 Å². The summed E-state index contributed by atoms with van der Waals surface area (Å²) in [6, 6.07) is 0. The van der Waals surface area contributed by atoms with Crippen molar-refractivity contribution in [2.75, 3.05) is 11.5 Å². The third kappa shape index (κ3) is 37.9. The summed E-state index contributed by atoms with van der Waals surface area (Å²) < 4.78 is 4.97. The van der Waals surface area contributed by atoms with Gasteiger partial charge in [-0.1, -0.05) is 19.4 Å². The molecule has 0 N–H and O–H groups in total. The number of rotatable bonds is 4. The van der Waals surface area contributed by atoms with Gasteiger partial charge in [-0.2, -0.15) is 0 Å². The molecule has 0 aliphatic rings. The van der Waals surface area contributed by atoms with E-state index < -0.39 is 0 Å². The molecule has 0 atom stereocenters. The quantitative estimate of drug-likeness (QED) is 0.381. The molecule has 0 bridgehead atoms. The maximum absolute atomic E-state index is 4.97. The monoisotopic (exact) mass is 194 g/mol. The minimum atomic E-state index is 1.03. The first-order chi connectivity index (χ1) is 5.15. The molecule has 0 unspecified atom stereocenters. The molecule has 0 aromatic carbocycles. The van der Waals surface area contributed by atoms with Crippen LogP contribution in [0.2, 0.25) is 0 Å². The van der Waals surface area contributed by atoms with E-state index in [4.69, 9.17) is 3.63 Å². The lowest BCUT2D eigenvalue weighted by Gasteiger charge is -1.91. The van der Waals surface area contributed by atoms with Crippen molar-refractivity contribution < 1.29 is 3.63 Å². The van der Waals surface area contributed by atoms with Crippen LogP contribution in [0.3, 0.4) is 0 Å². The highest BCUT2D eigenvalue weighted by atomic mass is 32.2. The molecule has 0 heterocycles. The molecule has 0 amide bonds. The molecule has 0 aliphatic carbocycles. The fraction of sp³-hybridized carbons (Fsp3) is 0.750. The van der Waals surface area contributed by atoms with Gasteiger partial charge >= 0.3 is 0 Å². The predicted molar refractivity (Wildman–Crippen MR) is 57.8 cm³/mol. The van der Waals surface area contributed by atoms with E-state index in [0.717, 1.165) is 11.5 Å². The minimum Gasteiger partial charge on any atom is -0.247 e. The second-order valence-corrected chi connectivity index (χ2v) is 4.26. The maximum Gasteiger partial charge on any atom is 0.0182 e. The summed E-state index contributed by atoms with van der Waals surface area (Å²) in [7, 11) is 0. The van der Waals surface area contributed by atoms with Crippen molar-refractivity contribution in [3.05, 3.63) is 12.2 Å². The van der Waals surface area contributed by atoms with Gasteiger partial charge in [-0.3, -0.25) is 0 Å². The first-order valence-electron chi connectivity index (χ1n) is 3.68. The van der Waals surface area contributed by atoms with Gasteiger partial charge in [0.05, 0.1) is 0 Å². The zero-order valence-corrected chi connectivity index (χ0v) is 9.48. The third-order valence-corrected chi connectivity index (χ3v) is 1.57. The normalized spacial score (nSPS) is 8.36. The summed E-state index contributed by atoms with van der Waals surface area (Å²) in [5, 5.41) is 0. The highest BCUT2D eigenvalue weighted by Crippen LogP contribution is 2.12. The van der Waals surface area contributed by atoms with E-state index in [9.17, 15) is 0 Å². The van der Waals surface area contributed by atoms with E-state index in [2.05, 4.69) is 20.4 Å². The van der Waals surface area contributed by atoms with Crippen LogP contribution >= 0.6 is 24.1 Å². The van der Waals surface area contributed by atoms with Crippen molar-refractivity contribution in [1.82, 2.24) is 0 Å². The summed E-state index contributed by atoms with van der Waals surface area (Å²) in [4.78, 5) is 0. The van der Waals surface area contributed by atoms with Crippen LogP contribution in [0.4, 0.5) is 0 Å². The van der Waals surface area contributed by atoms with Crippen LogP contribution < -0.4 is 0 Å². The predicted octanol–water partition coefficient (Wildman–Crippen LogP) is 3.92. The minimum absolute atomic E-state index is 1.03. The molecule has 68 valence electrons. The van der Waals surface area contributed by atoms with Gasteiger partial charge in [-0.15, -0.1) is 6.58 Å². The molecule has 1 nitrogen and oxygen atoms in total. The van der Waals surface area contributed by atoms with E-state index in [1.54, 1.807) is 0 Å². The van der Waals surface area contributed by atoms with Crippen molar-refractivity contribution in [2.24, 2.45) is 0 Å². The standard InChI is InChI=1S/C4H10OS2.C4H8/c1-3-6-5-7-4-2;1-4(2)3/h3-4H2,1-2H3;1H2,2-3H3. The molecule has 0 rings (SSSR count). The van der Waals surface area contributed by atoms with Gasteiger partial charge < -0.3 is 0 Å². The Kier molecular flexibility index (Phi) is 16.5. The Bertz CT molecular complexity index is 76.2. The Balaban J connectivity index is 0. The number of allylic oxidation sites excluding steroid dienone is 1. The maximum atomic E-state index is 4.97. The largest absolute Gasteiger partial charge is 0.247 e. The molecular weight excluding hydrogens is 176 g/mol. The molecular formula is C8H18OS2. The van der Waals surface area contributed by atoms with E-state index in [1.807, 2.05) is 13.8 Å². The lowest BCUT2D eigenvalue weighted by molar-refractivity contribution is 0.759. The average molecular weight is 194 g/mol. The smallest absolute Gasteiger partial charge is 0.0182 e. The second kappa shape index (κ2) is 13.0. The van der Waals surface area contributed by atoms with E-state index in [-0.39, 0.29) is 0 Å².